The van der Waals surface area contributed by atoms with Crippen molar-refractivity contribution in [3.8, 4) is 6.07 Å². The Hall–Kier alpha value is -1.35. The number of anilines is 2. The number of hydrogen-bond donors (Lipinski definition) is 1. The molecule has 0 aromatic carbocycles. The third kappa shape index (κ3) is 3.36. The fourth-order valence-corrected chi connectivity index (χ4v) is 1.52. The van der Waals surface area contributed by atoms with E-state index in [9.17, 15) is 0 Å². The largest absolute Gasteiger partial charge is 0.383 e. The zero-order chi connectivity index (χ0) is 11.4. The van der Waals surface area contributed by atoms with Crippen molar-refractivity contribution < 1.29 is 0 Å². The van der Waals surface area contributed by atoms with Crippen LogP contribution in [0.4, 0.5) is 11.8 Å². The van der Waals surface area contributed by atoms with Crippen LogP contribution < -0.4 is 10.6 Å². The summed E-state index contributed by atoms with van der Waals surface area (Å²) in [5.74, 6) is 0.853. The molecule has 5 nitrogen and oxygen atoms in total. The first-order valence-electron chi connectivity index (χ1n) is 4.43. The average Bonchev–Trinajstić information content (AvgIpc) is 2.16. The number of nitriles is 1. The first-order valence-corrected chi connectivity index (χ1v) is 5.23. The molecule has 0 bridgehead atoms. The van der Waals surface area contributed by atoms with E-state index in [1.54, 1.807) is 11.0 Å². The topological polar surface area (TPSA) is 78.8 Å². The van der Waals surface area contributed by atoms with Gasteiger partial charge in [0, 0.05) is 19.7 Å². The number of nitrogen functional groups attached to an aromatic ring is 1. The maximum Gasteiger partial charge on any atom is 0.228 e. The zero-order valence-corrected chi connectivity index (χ0v) is 10.2. The maximum absolute atomic E-state index is 8.69. The van der Waals surface area contributed by atoms with Gasteiger partial charge < -0.3 is 10.6 Å². The van der Waals surface area contributed by atoms with Gasteiger partial charge in [0.25, 0.3) is 0 Å². The molecular weight excluding hydrogens is 258 g/mol. The van der Waals surface area contributed by atoms with Crippen molar-refractivity contribution in [2.24, 2.45) is 5.92 Å². The van der Waals surface area contributed by atoms with Gasteiger partial charge in [-0.05, 0) is 22.9 Å². The Morgan fingerprint density at radius 1 is 1.67 bits per heavy atom. The highest BCUT2D eigenvalue weighted by molar-refractivity contribution is 9.10. The van der Waals surface area contributed by atoms with E-state index >= 15 is 0 Å². The standard InChI is InChI=1S/C9H12BrN5/c1-6(4-11)5-15(2)9-13-7(10)3-8(12)14-9/h3,6H,5H2,1-2H3,(H2,12,13,14). The highest BCUT2D eigenvalue weighted by Crippen LogP contribution is 2.15. The summed E-state index contributed by atoms with van der Waals surface area (Å²) in [6.07, 6.45) is 0. The van der Waals surface area contributed by atoms with Crippen molar-refractivity contribution >= 4 is 27.7 Å². The van der Waals surface area contributed by atoms with Crippen molar-refractivity contribution in [2.75, 3.05) is 24.2 Å². The predicted molar refractivity (Wildman–Crippen MR) is 62.2 cm³/mol. The fourth-order valence-electron chi connectivity index (χ4n) is 1.13. The molecule has 1 unspecified atom stereocenters. The van der Waals surface area contributed by atoms with Crippen molar-refractivity contribution in [3.05, 3.63) is 10.7 Å². The van der Waals surface area contributed by atoms with Crippen LogP contribution in [0, 0.1) is 17.2 Å². The number of nitrogens with zero attached hydrogens (tertiary/aromatic N) is 4. The molecule has 2 N–H and O–H groups in total. The highest BCUT2D eigenvalue weighted by atomic mass is 79.9. The second-order valence-corrected chi connectivity index (χ2v) is 4.14. The Kier molecular flexibility index (Phi) is 3.86. The fraction of sp³-hybridized carbons (Fsp3) is 0.444. The molecular formula is C9H12BrN5. The molecule has 0 spiro atoms. The van der Waals surface area contributed by atoms with Gasteiger partial charge in [-0.2, -0.15) is 10.2 Å². The molecule has 0 radical (unpaired) electrons. The molecule has 6 heteroatoms. The summed E-state index contributed by atoms with van der Waals surface area (Å²) in [4.78, 5) is 10.0. The zero-order valence-electron chi connectivity index (χ0n) is 8.61. The van der Waals surface area contributed by atoms with Gasteiger partial charge in [0.1, 0.15) is 10.4 Å². The summed E-state index contributed by atoms with van der Waals surface area (Å²) >= 11 is 3.24. The maximum atomic E-state index is 8.69. The Balaban J connectivity index is 2.82. The molecule has 80 valence electrons. The van der Waals surface area contributed by atoms with Crippen molar-refractivity contribution in [1.82, 2.24) is 9.97 Å². The molecule has 0 saturated carbocycles. The van der Waals surface area contributed by atoms with E-state index in [-0.39, 0.29) is 5.92 Å². The second-order valence-electron chi connectivity index (χ2n) is 3.33. The lowest BCUT2D eigenvalue weighted by Crippen LogP contribution is -2.25. The number of rotatable bonds is 3. The summed E-state index contributed by atoms with van der Waals surface area (Å²) in [6.45, 7) is 2.42. The minimum absolute atomic E-state index is 0.0705. The Labute approximate surface area is 97.1 Å². The Morgan fingerprint density at radius 3 is 2.87 bits per heavy atom. The Morgan fingerprint density at radius 2 is 2.33 bits per heavy atom. The van der Waals surface area contributed by atoms with Crippen LogP contribution in [0.25, 0.3) is 0 Å². The van der Waals surface area contributed by atoms with E-state index in [4.69, 9.17) is 11.0 Å². The van der Waals surface area contributed by atoms with Gasteiger partial charge in [-0.15, -0.1) is 0 Å². The van der Waals surface area contributed by atoms with Crippen LogP contribution >= 0.6 is 15.9 Å². The predicted octanol–water partition coefficient (Wildman–Crippen LogP) is 1.42. The minimum atomic E-state index is -0.0705. The molecule has 0 fully saturated rings. The lowest BCUT2D eigenvalue weighted by molar-refractivity contribution is 0.702. The lowest BCUT2D eigenvalue weighted by Gasteiger charge is -2.18. The number of aromatic nitrogens is 2. The van der Waals surface area contributed by atoms with Crippen molar-refractivity contribution in [1.29, 1.82) is 5.26 Å². The average molecular weight is 270 g/mol. The molecule has 0 aliphatic heterocycles. The van der Waals surface area contributed by atoms with Gasteiger partial charge in [-0.25, -0.2) is 4.98 Å². The summed E-state index contributed by atoms with van der Waals surface area (Å²) in [6, 6.07) is 3.78. The first-order chi connectivity index (χ1) is 7.02. The van der Waals surface area contributed by atoms with E-state index in [0.717, 1.165) is 0 Å². The lowest BCUT2D eigenvalue weighted by atomic mass is 10.2. The molecule has 1 rings (SSSR count). The smallest absolute Gasteiger partial charge is 0.228 e. The van der Waals surface area contributed by atoms with Gasteiger partial charge in [-0.3, -0.25) is 0 Å². The van der Waals surface area contributed by atoms with Crippen LogP contribution in [0.15, 0.2) is 10.7 Å². The number of hydrogen-bond acceptors (Lipinski definition) is 5. The normalized spacial score (nSPS) is 11.9. The van der Waals surface area contributed by atoms with Crippen molar-refractivity contribution in [3.63, 3.8) is 0 Å². The van der Waals surface area contributed by atoms with Gasteiger partial charge in [0.15, 0.2) is 0 Å². The molecule has 0 amide bonds. The number of nitrogens with two attached hydrogens (primary N) is 1. The third-order valence-corrected chi connectivity index (χ3v) is 2.22. The van der Waals surface area contributed by atoms with E-state index in [1.807, 2.05) is 14.0 Å². The van der Waals surface area contributed by atoms with Gasteiger partial charge in [-0.1, -0.05) is 0 Å². The van der Waals surface area contributed by atoms with E-state index < -0.39 is 0 Å². The van der Waals surface area contributed by atoms with Crippen molar-refractivity contribution in [2.45, 2.75) is 6.92 Å². The first kappa shape index (κ1) is 11.7. The monoisotopic (exact) mass is 269 g/mol. The van der Waals surface area contributed by atoms with Gasteiger partial charge >= 0.3 is 0 Å². The van der Waals surface area contributed by atoms with Gasteiger partial charge in [0.05, 0.1) is 12.0 Å². The van der Waals surface area contributed by atoms with Crippen LogP contribution in [0.3, 0.4) is 0 Å². The van der Waals surface area contributed by atoms with E-state index in [1.165, 1.54) is 0 Å². The number of halogens is 1. The van der Waals surface area contributed by atoms with Crippen LogP contribution in [-0.4, -0.2) is 23.6 Å². The van der Waals surface area contributed by atoms with Crippen LogP contribution in [0.5, 0.6) is 0 Å². The van der Waals surface area contributed by atoms with Crippen LogP contribution in [-0.2, 0) is 0 Å². The van der Waals surface area contributed by atoms with Gasteiger partial charge in [0.2, 0.25) is 5.95 Å². The summed E-state index contributed by atoms with van der Waals surface area (Å²) in [5, 5.41) is 8.69. The summed E-state index contributed by atoms with van der Waals surface area (Å²) in [5.41, 5.74) is 5.59. The SMILES string of the molecule is CC(C#N)CN(C)c1nc(N)cc(Br)n1. The summed E-state index contributed by atoms with van der Waals surface area (Å²) < 4.78 is 0.640. The molecule has 0 aliphatic rings. The van der Waals surface area contributed by atoms with E-state index in [0.29, 0.717) is 22.9 Å². The highest BCUT2D eigenvalue weighted by Gasteiger charge is 2.09. The molecule has 15 heavy (non-hydrogen) atoms. The summed E-state index contributed by atoms with van der Waals surface area (Å²) in [7, 11) is 1.83. The van der Waals surface area contributed by atoms with Crippen LogP contribution in [0.2, 0.25) is 0 Å². The van der Waals surface area contributed by atoms with Crippen LogP contribution in [0.1, 0.15) is 6.92 Å². The molecule has 1 aromatic rings. The molecule has 0 saturated heterocycles. The molecule has 1 atom stereocenters. The van der Waals surface area contributed by atoms with E-state index in [2.05, 4.69) is 32.0 Å². The molecule has 1 aromatic heterocycles. The third-order valence-electron chi connectivity index (χ3n) is 1.81. The minimum Gasteiger partial charge on any atom is -0.383 e. The molecule has 1 heterocycles. The quantitative estimate of drug-likeness (QED) is 0.840. The Bertz CT molecular complexity index is 366. The molecule has 0 aliphatic carbocycles. The second kappa shape index (κ2) is 4.94.